The molecule has 38 heavy (non-hydrogen) atoms. The molecule has 2 heterocycles. The minimum atomic E-state index is -4.87. The van der Waals surface area contributed by atoms with E-state index in [1.54, 1.807) is 11.0 Å². The van der Waals surface area contributed by atoms with Gasteiger partial charge in [-0.05, 0) is 47.6 Å². The Labute approximate surface area is 218 Å². The highest BCUT2D eigenvalue weighted by atomic mass is 19.4. The Morgan fingerprint density at radius 2 is 1.45 bits per heavy atom. The first kappa shape index (κ1) is 24.8. The van der Waals surface area contributed by atoms with E-state index in [4.69, 9.17) is 4.74 Å². The molecule has 1 amide bonds. The van der Waals surface area contributed by atoms with Gasteiger partial charge in [0.25, 0.3) is 0 Å². The Morgan fingerprint density at radius 3 is 2.05 bits per heavy atom. The molecule has 0 spiro atoms. The topological polar surface area (TPSA) is 59.0 Å². The molecule has 1 aliphatic carbocycles. The van der Waals surface area contributed by atoms with Gasteiger partial charge in [0.1, 0.15) is 12.4 Å². The van der Waals surface area contributed by atoms with E-state index in [1.807, 2.05) is 24.3 Å². The van der Waals surface area contributed by atoms with Crippen molar-refractivity contribution in [1.82, 2.24) is 4.90 Å². The van der Waals surface area contributed by atoms with Gasteiger partial charge >= 0.3 is 12.5 Å². The molecule has 2 unspecified atom stereocenters. The van der Waals surface area contributed by atoms with Gasteiger partial charge in [0, 0.05) is 36.4 Å². The maximum atomic E-state index is 13.4. The van der Waals surface area contributed by atoms with E-state index < -0.39 is 23.8 Å². The highest BCUT2D eigenvalue weighted by Gasteiger charge is 2.50. The minimum absolute atomic E-state index is 0.0701. The average Bonchev–Trinajstić information content (AvgIpc) is 3.20. The van der Waals surface area contributed by atoms with Crippen LogP contribution < -0.4 is 4.74 Å². The van der Waals surface area contributed by atoms with Gasteiger partial charge in [0.2, 0.25) is 0 Å². The van der Waals surface area contributed by atoms with Crippen LogP contribution in [0.25, 0.3) is 11.1 Å². The first-order chi connectivity index (χ1) is 18.2. The second-order valence-electron chi connectivity index (χ2n) is 10.4. The van der Waals surface area contributed by atoms with Crippen LogP contribution in [0.4, 0.5) is 18.0 Å². The molecule has 3 aliphatic rings. The third-order valence-corrected chi connectivity index (χ3v) is 8.17. The summed E-state index contributed by atoms with van der Waals surface area (Å²) in [6.07, 6.45) is -2.92. The predicted octanol–water partition coefficient (Wildman–Crippen LogP) is 6.74. The van der Waals surface area contributed by atoms with Crippen LogP contribution in [0.2, 0.25) is 0 Å². The summed E-state index contributed by atoms with van der Waals surface area (Å²) in [6, 6.07) is 21.3. The van der Waals surface area contributed by atoms with Crippen LogP contribution in [0.5, 0.6) is 5.75 Å². The molecule has 2 bridgehead atoms. The van der Waals surface area contributed by atoms with E-state index >= 15 is 0 Å². The van der Waals surface area contributed by atoms with Gasteiger partial charge in [-0.1, -0.05) is 66.7 Å². The molecule has 198 valence electrons. The first-order valence-corrected chi connectivity index (χ1v) is 12.9. The molecule has 2 aliphatic heterocycles. The lowest BCUT2D eigenvalue weighted by atomic mass is 9.72. The van der Waals surface area contributed by atoms with Crippen molar-refractivity contribution in [3.8, 4) is 16.9 Å². The van der Waals surface area contributed by atoms with Crippen molar-refractivity contribution in [3.05, 3.63) is 89.5 Å². The summed E-state index contributed by atoms with van der Waals surface area (Å²) in [5, 5.41) is 11.6. The molecular weight excluding hydrogens is 495 g/mol. The van der Waals surface area contributed by atoms with Crippen molar-refractivity contribution in [2.75, 3.05) is 6.61 Å². The first-order valence-electron chi connectivity index (χ1n) is 12.9. The van der Waals surface area contributed by atoms with Crippen molar-refractivity contribution in [2.45, 2.75) is 62.1 Å². The Morgan fingerprint density at radius 1 is 0.895 bits per heavy atom. The van der Waals surface area contributed by atoms with Crippen LogP contribution >= 0.6 is 0 Å². The van der Waals surface area contributed by atoms with Crippen molar-refractivity contribution in [2.24, 2.45) is 0 Å². The van der Waals surface area contributed by atoms with E-state index in [9.17, 15) is 23.1 Å². The smallest absolute Gasteiger partial charge is 0.448 e. The third-order valence-electron chi connectivity index (χ3n) is 8.17. The summed E-state index contributed by atoms with van der Waals surface area (Å²) in [7, 11) is 0. The van der Waals surface area contributed by atoms with Crippen molar-refractivity contribution >= 4 is 6.09 Å². The number of amides is 1. The Kier molecular flexibility index (Phi) is 6.10. The van der Waals surface area contributed by atoms with Crippen LogP contribution in [0.1, 0.15) is 54.7 Å². The molecule has 0 radical (unpaired) electrons. The fraction of sp³-hybridized carbons (Fsp3) is 0.367. The van der Waals surface area contributed by atoms with Crippen LogP contribution in [0, 0.1) is 0 Å². The number of piperidine rings is 2. The largest absolute Gasteiger partial charge is 0.573 e. The van der Waals surface area contributed by atoms with Crippen LogP contribution in [-0.2, 0) is 10.3 Å². The lowest BCUT2D eigenvalue weighted by Crippen LogP contribution is -2.59. The summed E-state index contributed by atoms with van der Waals surface area (Å²) in [5.41, 5.74) is 3.08. The standard InChI is InChI=1S/C30H28F3NO4/c31-30(32,33)38-27-15-6-5-14-26(27)29(36)16-19-8-7-9-20(17-29)34(19)28(35)37-18-25-23-12-3-1-10-21(23)22-11-2-4-13-24(22)25/h1-6,10-15,19-20,25,36H,7-9,16-18H2. The number of rotatable bonds is 4. The zero-order valence-corrected chi connectivity index (χ0v) is 20.7. The van der Waals surface area contributed by atoms with Crippen molar-refractivity contribution in [3.63, 3.8) is 0 Å². The quantitative estimate of drug-likeness (QED) is 0.412. The van der Waals surface area contributed by atoms with E-state index in [2.05, 4.69) is 29.0 Å². The van der Waals surface area contributed by atoms with E-state index in [-0.39, 0.29) is 43.0 Å². The summed E-state index contributed by atoms with van der Waals surface area (Å²) in [6.45, 7) is 0.190. The zero-order chi connectivity index (χ0) is 26.5. The minimum Gasteiger partial charge on any atom is -0.448 e. The molecule has 8 heteroatoms. The number of hydrogen-bond acceptors (Lipinski definition) is 4. The average molecular weight is 524 g/mol. The molecule has 6 rings (SSSR count). The summed E-state index contributed by atoms with van der Waals surface area (Å²) in [5.74, 6) is -0.477. The molecular formula is C30H28F3NO4. The maximum Gasteiger partial charge on any atom is 0.573 e. The molecule has 0 saturated carbocycles. The predicted molar refractivity (Wildman–Crippen MR) is 135 cm³/mol. The van der Waals surface area contributed by atoms with Crippen LogP contribution in [0.3, 0.4) is 0 Å². The Bertz CT molecular complexity index is 1300. The maximum absolute atomic E-state index is 13.4. The Balaban J connectivity index is 1.21. The van der Waals surface area contributed by atoms with Crippen LogP contribution in [0.15, 0.2) is 72.8 Å². The molecule has 0 aromatic heterocycles. The van der Waals surface area contributed by atoms with Gasteiger partial charge < -0.3 is 19.5 Å². The number of para-hydroxylation sites is 1. The number of carbonyl (C=O) groups is 1. The van der Waals surface area contributed by atoms with Gasteiger partial charge in [0.15, 0.2) is 0 Å². The normalized spacial score (nSPS) is 24.5. The number of fused-ring (bicyclic) bond motifs is 5. The fourth-order valence-corrected chi connectivity index (χ4v) is 6.68. The number of halogens is 3. The van der Waals surface area contributed by atoms with E-state index in [0.29, 0.717) is 12.8 Å². The van der Waals surface area contributed by atoms with Gasteiger partial charge in [-0.2, -0.15) is 0 Å². The monoisotopic (exact) mass is 523 g/mol. The van der Waals surface area contributed by atoms with Gasteiger partial charge in [-0.25, -0.2) is 4.79 Å². The number of ether oxygens (including phenoxy) is 2. The molecule has 2 fully saturated rings. The molecule has 3 aromatic rings. The molecule has 2 saturated heterocycles. The van der Waals surface area contributed by atoms with Crippen molar-refractivity contribution < 1.29 is 32.5 Å². The zero-order valence-electron chi connectivity index (χ0n) is 20.7. The number of carbonyl (C=O) groups excluding carboxylic acids is 1. The summed E-state index contributed by atoms with van der Waals surface area (Å²) in [4.78, 5) is 15.1. The number of nitrogens with zero attached hydrogens (tertiary/aromatic N) is 1. The number of aliphatic hydroxyl groups is 1. The SMILES string of the molecule is O=C(OCC1c2ccccc2-c2ccccc21)N1C2CCCC1CC(O)(c1ccccc1OC(F)(F)F)C2. The fourth-order valence-electron chi connectivity index (χ4n) is 6.68. The second-order valence-corrected chi connectivity index (χ2v) is 10.4. The second kappa shape index (κ2) is 9.34. The molecule has 5 nitrogen and oxygen atoms in total. The highest BCUT2D eigenvalue weighted by Crippen LogP contribution is 2.48. The van der Waals surface area contributed by atoms with Gasteiger partial charge in [-0.15, -0.1) is 13.2 Å². The van der Waals surface area contributed by atoms with Crippen molar-refractivity contribution in [1.29, 1.82) is 0 Å². The summed E-state index contributed by atoms with van der Waals surface area (Å²) >= 11 is 0. The van der Waals surface area contributed by atoms with E-state index in [0.717, 1.165) is 28.7 Å². The molecule has 3 aromatic carbocycles. The van der Waals surface area contributed by atoms with E-state index in [1.165, 1.54) is 18.2 Å². The van der Waals surface area contributed by atoms with Gasteiger partial charge in [-0.3, -0.25) is 0 Å². The lowest BCUT2D eigenvalue weighted by Gasteiger charge is -2.51. The number of alkyl halides is 3. The lowest BCUT2D eigenvalue weighted by molar-refractivity contribution is -0.275. The van der Waals surface area contributed by atoms with Crippen LogP contribution in [-0.4, -0.2) is 41.2 Å². The summed E-state index contributed by atoms with van der Waals surface area (Å²) < 4.78 is 49.3. The third kappa shape index (κ3) is 4.41. The molecule has 1 N–H and O–H groups in total. The Hall–Kier alpha value is -3.52. The molecule has 2 atom stereocenters. The number of hydrogen-bond donors (Lipinski definition) is 1. The number of benzene rings is 3. The highest BCUT2D eigenvalue weighted by molar-refractivity contribution is 5.79. The van der Waals surface area contributed by atoms with Gasteiger partial charge in [0.05, 0.1) is 5.60 Å².